The van der Waals surface area contributed by atoms with Crippen molar-refractivity contribution in [3.05, 3.63) is 30.6 Å². The van der Waals surface area contributed by atoms with E-state index in [1.165, 1.54) is 6.33 Å². The molecule has 2 aromatic rings. The molecule has 0 radical (unpaired) electrons. The van der Waals surface area contributed by atoms with Gasteiger partial charge in [0.25, 0.3) is 0 Å². The number of aromatic nitrogens is 2. The summed E-state index contributed by atoms with van der Waals surface area (Å²) in [5.41, 5.74) is 0.324. The molecule has 0 amide bonds. The summed E-state index contributed by atoms with van der Waals surface area (Å²) in [5, 5.41) is 15.3. The van der Waals surface area contributed by atoms with Crippen molar-refractivity contribution in [2.24, 2.45) is 0 Å². The number of ether oxygens (including phenoxy) is 2. The number of carbonyl (C=O) groups is 1. The molecular weight excluding hydrogens is 336 g/mol. The van der Waals surface area contributed by atoms with Crippen LogP contribution in [-0.2, 0) is 4.79 Å². The molecule has 1 aromatic carbocycles. The second-order valence-corrected chi connectivity index (χ2v) is 6.38. The monoisotopic (exact) mass is 360 g/mol. The number of rotatable bonds is 9. The van der Waals surface area contributed by atoms with Crippen LogP contribution in [0.25, 0.3) is 0 Å². The van der Waals surface area contributed by atoms with Crippen LogP contribution in [0.2, 0.25) is 0 Å². The van der Waals surface area contributed by atoms with Crippen LogP contribution in [0, 0.1) is 0 Å². The maximum absolute atomic E-state index is 10.8. The van der Waals surface area contributed by atoms with Gasteiger partial charge in [0.05, 0.1) is 19.9 Å². The molecule has 0 unspecified atom stereocenters. The van der Waals surface area contributed by atoms with Gasteiger partial charge in [-0.3, -0.25) is 4.79 Å². The van der Waals surface area contributed by atoms with E-state index in [2.05, 4.69) is 20.6 Å². The van der Waals surface area contributed by atoms with Crippen molar-refractivity contribution >= 4 is 23.3 Å². The van der Waals surface area contributed by atoms with E-state index in [0.29, 0.717) is 29.6 Å². The van der Waals surface area contributed by atoms with Gasteiger partial charge in [-0.05, 0) is 32.4 Å². The van der Waals surface area contributed by atoms with Crippen LogP contribution >= 0.6 is 0 Å². The van der Waals surface area contributed by atoms with Crippen molar-refractivity contribution in [1.82, 2.24) is 9.97 Å². The van der Waals surface area contributed by atoms with Crippen molar-refractivity contribution in [2.75, 3.05) is 24.9 Å². The Kier molecular flexibility index (Phi) is 6.21. The summed E-state index contributed by atoms with van der Waals surface area (Å²) < 4.78 is 10.6. The predicted molar refractivity (Wildman–Crippen MR) is 99.4 cm³/mol. The first-order chi connectivity index (χ1) is 12.3. The van der Waals surface area contributed by atoms with Crippen LogP contribution in [0.4, 0.5) is 17.3 Å². The zero-order valence-corrected chi connectivity index (χ0v) is 15.4. The van der Waals surface area contributed by atoms with E-state index in [0.717, 1.165) is 5.69 Å². The highest BCUT2D eigenvalue weighted by Crippen LogP contribution is 2.31. The normalized spacial score (nSPS) is 10.9. The van der Waals surface area contributed by atoms with Crippen LogP contribution < -0.4 is 20.1 Å². The largest absolute Gasteiger partial charge is 0.497 e. The number of nitrogens with one attached hydrogen (secondary N) is 2. The van der Waals surface area contributed by atoms with Crippen molar-refractivity contribution in [3.8, 4) is 11.5 Å². The summed E-state index contributed by atoms with van der Waals surface area (Å²) in [6.45, 7) is 3.86. The van der Waals surface area contributed by atoms with E-state index >= 15 is 0 Å². The second-order valence-electron chi connectivity index (χ2n) is 6.38. The average Bonchev–Trinajstić information content (AvgIpc) is 2.60. The Balaban J connectivity index is 2.13. The molecule has 0 aliphatic rings. The molecule has 1 aromatic heterocycles. The predicted octanol–water partition coefficient (Wildman–Crippen LogP) is 3.29. The molecule has 0 atom stereocenters. The van der Waals surface area contributed by atoms with Crippen molar-refractivity contribution in [1.29, 1.82) is 0 Å². The summed E-state index contributed by atoms with van der Waals surface area (Å²) in [7, 11) is 3.17. The van der Waals surface area contributed by atoms with E-state index in [1.807, 2.05) is 26.0 Å². The minimum atomic E-state index is -0.823. The van der Waals surface area contributed by atoms with E-state index in [-0.39, 0.29) is 6.42 Å². The number of aliphatic carboxylic acids is 1. The minimum absolute atomic E-state index is 0.0826. The van der Waals surface area contributed by atoms with Gasteiger partial charge in [-0.2, -0.15) is 0 Å². The Morgan fingerprint density at radius 1 is 1.15 bits per heavy atom. The summed E-state index contributed by atoms with van der Waals surface area (Å²) in [6.07, 6.45) is 1.99. The van der Waals surface area contributed by atoms with Gasteiger partial charge in [0.15, 0.2) is 0 Å². The van der Waals surface area contributed by atoms with Gasteiger partial charge in [-0.25, -0.2) is 9.97 Å². The number of benzene rings is 1. The number of anilines is 3. The summed E-state index contributed by atoms with van der Waals surface area (Å²) in [6, 6.07) is 7.19. The van der Waals surface area contributed by atoms with Crippen molar-refractivity contribution < 1.29 is 19.4 Å². The van der Waals surface area contributed by atoms with Gasteiger partial charge in [-0.15, -0.1) is 0 Å². The van der Waals surface area contributed by atoms with Gasteiger partial charge in [-0.1, -0.05) is 0 Å². The van der Waals surface area contributed by atoms with Crippen LogP contribution in [0.5, 0.6) is 11.5 Å². The molecule has 8 nitrogen and oxygen atoms in total. The molecule has 0 saturated heterocycles. The third-order valence-corrected chi connectivity index (χ3v) is 3.77. The lowest BCUT2D eigenvalue weighted by Gasteiger charge is -2.26. The Bertz CT molecular complexity index is 765. The second kappa shape index (κ2) is 8.37. The highest BCUT2D eigenvalue weighted by Gasteiger charge is 2.19. The summed E-state index contributed by atoms with van der Waals surface area (Å²) in [4.78, 5) is 19.2. The first-order valence-corrected chi connectivity index (χ1v) is 8.14. The minimum Gasteiger partial charge on any atom is -0.497 e. The van der Waals surface area contributed by atoms with Gasteiger partial charge < -0.3 is 25.2 Å². The fourth-order valence-electron chi connectivity index (χ4n) is 2.36. The molecular formula is C18H24N4O4. The topological polar surface area (TPSA) is 106 Å². The maximum Gasteiger partial charge on any atom is 0.303 e. The molecule has 1 heterocycles. The lowest BCUT2D eigenvalue weighted by Crippen LogP contribution is -2.32. The third-order valence-electron chi connectivity index (χ3n) is 3.77. The third kappa shape index (κ3) is 5.51. The van der Waals surface area contributed by atoms with Crippen LogP contribution in [0.3, 0.4) is 0 Å². The molecule has 0 aliphatic heterocycles. The highest BCUT2D eigenvalue weighted by atomic mass is 16.5. The average molecular weight is 360 g/mol. The van der Waals surface area contributed by atoms with Gasteiger partial charge in [0, 0.05) is 24.1 Å². The molecule has 3 N–H and O–H groups in total. The molecule has 26 heavy (non-hydrogen) atoms. The molecule has 0 spiro atoms. The van der Waals surface area contributed by atoms with E-state index in [9.17, 15) is 4.79 Å². The zero-order chi connectivity index (χ0) is 19.2. The number of hydrogen-bond donors (Lipinski definition) is 3. The van der Waals surface area contributed by atoms with E-state index in [4.69, 9.17) is 14.6 Å². The molecule has 2 rings (SSSR count). The standard InChI is InChI=1S/C18H24N4O4/c1-18(2,8-7-17(23)24)22-16-10-15(19-11-20-16)21-13-6-5-12(25-3)9-14(13)26-4/h5-6,9-11H,7-8H2,1-4H3,(H,23,24)(H2,19,20,21,22). The fraction of sp³-hybridized carbons (Fsp3) is 0.389. The Morgan fingerprint density at radius 3 is 2.54 bits per heavy atom. The molecule has 0 bridgehead atoms. The summed E-state index contributed by atoms with van der Waals surface area (Å²) >= 11 is 0. The molecule has 140 valence electrons. The molecule has 0 aliphatic carbocycles. The van der Waals surface area contributed by atoms with Gasteiger partial charge in [0.1, 0.15) is 29.5 Å². The quantitative estimate of drug-likeness (QED) is 0.625. The SMILES string of the molecule is COc1ccc(Nc2cc(NC(C)(C)CCC(=O)O)ncn2)c(OC)c1. The maximum atomic E-state index is 10.8. The van der Waals surface area contributed by atoms with Crippen LogP contribution in [0.15, 0.2) is 30.6 Å². The first kappa shape index (κ1) is 19.3. The van der Waals surface area contributed by atoms with E-state index < -0.39 is 11.5 Å². The fourth-order valence-corrected chi connectivity index (χ4v) is 2.36. The number of methoxy groups -OCH3 is 2. The first-order valence-electron chi connectivity index (χ1n) is 8.14. The number of hydrogen-bond acceptors (Lipinski definition) is 7. The van der Waals surface area contributed by atoms with Crippen molar-refractivity contribution in [3.63, 3.8) is 0 Å². The van der Waals surface area contributed by atoms with Gasteiger partial charge in [0.2, 0.25) is 0 Å². The molecule has 0 saturated carbocycles. The van der Waals surface area contributed by atoms with Crippen LogP contribution in [0.1, 0.15) is 26.7 Å². The Labute approximate surface area is 152 Å². The number of carboxylic acid groups (broad SMARTS) is 1. The smallest absolute Gasteiger partial charge is 0.303 e. The summed E-state index contributed by atoms with van der Waals surface area (Å²) in [5.74, 6) is 1.68. The van der Waals surface area contributed by atoms with E-state index in [1.54, 1.807) is 26.4 Å². The number of carboxylic acids is 1. The van der Waals surface area contributed by atoms with Crippen LogP contribution in [-0.4, -0.2) is 40.8 Å². The Hall–Kier alpha value is -3.03. The zero-order valence-electron chi connectivity index (χ0n) is 15.4. The Morgan fingerprint density at radius 2 is 1.88 bits per heavy atom. The molecule has 0 fully saturated rings. The lowest BCUT2D eigenvalue weighted by molar-refractivity contribution is -0.137. The van der Waals surface area contributed by atoms with Crippen molar-refractivity contribution in [2.45, 2.75) is 32.2 Å². The lowest BCUT2D eigenvalue weighted by atomic mass is 9.98. The van der Waals surface area contributed by atoms with Gasteiger partial charge >= 0.3 is 5.97 Å². The number of nitrogens with zero attached hydrogens (tertiary/aromatic N) is 2. The molecule has 8 heteroatoms. The highest BCUT2D eigenvalue weighted by molar-refractivity contribution is 5.68.